The summed E-state index contributed by atoms with van der Waals surface area (Å²) in [5.41, 5.74) is 2.40. The summed E-state index contributed by atoms with van der Waals surface area (Å²) in [5.74, 6) is -1.67. The summed E-state index contributed by atoms with van der Waals surface area (Å²) in [4.78, 5) is 4.36. The van der Waals surface area contributed by atoms with Gasteiger partial charge in [0.25, 0.3) is 0 Å². The molecule has 2 nitrogen and oxygen atoms in total. The van der Waals surface area contributed by atoms with Crippen LogP contribution in [-0.4, -0.2) is 4.98 Å². The van der Waals surface area contributed by atoms with Crippen LogP contribution in [0.2, 0.25) is 0 Å². The van der Waals surface area contributed by atoms with Gasteiger partial charge in [0.05, 0.1) is 11.2 Å². The molecule has 106 valence electrons. The zero-order valence-corrected chi connectivity index (χ0v) is 11.5. The molecule has 0 saturated heterocycles. The minimum atomic E-state index is -0.836. The normalized spacial score (nSPS) is 12.3. The molecule has 0 bridgehead atoms. The van der Waals surface area contributed by atoms with Gasteiger partial charge in [-0.2, -0.15) is 0 Å². The summed E-state index contributed by atoms with van der Waals surface area (Å²) in [6.07, 6.45) is 1.73. The molecular formula is C17H14F2N2. The van der Waals surface area contributed by atoms with Gasteiger partial charge in [-0.15, -0.1) is 0 Å². The van der Waals surface area contributed by atoms with Crippen LogP contribution in [0.25, 0.3) is 10.9 Å². The smallest absolute Gasteiger partial charge is 0.159 e. The van der Waals surface area contributed by atoms with Gasteiger partial charge in [-0.3, -0.25) is 4.98 Å². The van der Waals surface area contributed by atoms with E-state index in [0.717, 1.165) is 22.7 Å². The molecule has 1 N–H and O–H groups in total. The Bertz CT molecular complexity index is 781. The van der Waals surface area contributed by atoms with E-state index in [9.17, 15) is 8.78 Å². The number of hydrogen-bond donors (Lipinski definition) is 1. The highest BCUT2D eigenvalue weighted by molar-refractivity contribution is 5.90. The van der Waals surface area contributed by atoms with E-state index in [1.54, 1.807) is 12.3 Å². The average molecular weight is 284 g/mol. The number of para-hydroxylation sites is 1. The lowest BCUT2D eigenvalue weighted by molar-refractivity contribution is 0.506. The van der Waals surface area contributed by atoms with Crippen LogP contribution in [0.4, 0.5) is 14.5 Å². The first-order valence-electron chi connectivity index (χ1n) is 6.70. The SMILES string of the molecule is CC(Nc1cccc2cccnc12)c1ccc(F)c(F)c1. The van der Waals surface area contributed by atoms with Gasteiger partial charge in [0, 0.05) is 17.6 Å². The van der Waals surface area contributed by atoms with Crippen LogP contribution in [0.1, 0.15) is 18.5 Å². The van der Waals surface area contributed by atoms with Crippen LogP contribution in [-0.2, 0) is 0 Å². The summed E-state index contributed by atoms with van der Waals surface area (Å²) in [6.45, 7) is 1.90. The van der Waals surface area contributed by atoms with E-state index in [0.29, 0.717) is 5.56 Å². The molecule has 0 aliphatic heterocycles. The third kappa shape index (κ3) is 2.70. The fourth-order valence-corrected chi connectivity index (χ4v) is 2.32. The number of nitrogens with zero attached hydrogens (tertiary/aromatic N) is 1. The molecule has 1 atom stereocenters. The summed E-state index contributed by atoms with van der Waals surface area (Å²) >= 11 is 0. The van der Waals surface area contributed by atoms with Crippen LogP contribution in [0.3, 0.4) is 0 Å². The Kier molecular flexibility index (Phi) is 3.52. The third-order valence-electron chi connectivity index (χ3n) is 3.45. The highest BCUT2D eigenvalue weighted by Crippen LogP contribution is 2.26. The molecule has 3 aromatic rings. The predicted molar refractivity (Wildman–Crippen MR) is 80.1 cm³/mol. The van der Waals surface area contributed by atoms with Crippen LogP contribution in [0, 0.1) is 11.6 Å². The third-order valence-corrected chi connectivity index (χ3v) is 3.45. The Balaban J connectivity index is 1.92. The molecule has 0 aliphatic carbocycles. The summed E-state index contributed by atoms with van der Waals surface area (Å²) in [6, 6.07) is 13.5. The quantitative estimate of drug-likeness (QED) is 0.755. The molecule has 4 heteroatoms. The van der Waals surface area contributed by atoms with Crippen LogP contribution < -0.4 is 5.32 Å². The van der Waals surface area contributed by atoms with E-state index in [1.165, 1.54) is 6.07 Å². The van der Waals surface area contributed by atoms with Gasteiger partial charge in [0.15, 0.2) is 11.6 Å². The number of halogens is 2. The van der Waals surface area contributed by atoms with E-state index in [4.69, 9.17) is 0 Å². The molecule has 0 fully saturated rings. The zero-order chi connectivity index (χ0) is 14.8. The standard InChI is InChI=1S/C17H14F2N2/c1-11(13-7-8-14(18)15(19)10-13)21-16-6-2-4-12-5-3-9-20-17(12)16/h2-11,21H,1H3. The van der Waals surface area contributed by atoms with Crippen molar-refractivity contribution < 1.29 is 8.78 Å². The van der Waals surface area contributed by atoms with Crippen molar-refractivity contribution >= 4 is 16.6 Å². The van der Waals surface area contributed by atoms with Gasteiger partial charge in [0.2, 0.25) is 0 Å². The second kappa shape index (κ2) is 5.48. The fourth-order valence-electron chi connectivity index (χ4n) is 2.32. The monoisotopic (exact) mass is 284 g/mol. The van der Waals surface area contributed by atoms with E-state index in [-0.39, 0.29) is 6.04 Å². The second-order valence-corrected chi connectivity index (χ2v) is 4.92. The number of hydrogen-bond acceptors (Lipinski definition) is 2. The highest BCUT2D eigenvalue weighted by Gasteiger charge is 2.10. The number of fused-ring (bicyclic) bond motifs is 1. The lowest BCUT2D eigenvalue weighted by atomic mass is 10.1. The number of rotatable bonds is 3. The zero-order valence-electron chi connectivity index (χ0n) is 11.5. The molecule has 0 aliphatic rings. The maximum absolute atomic E-state index is 13.3. The second-order valence-electron chi connectivity index (χ2n) is 4.92. The topological polar surface area (TPSA) is 24.9 Å². The van der Waals surface area contributed by atoms with E-state index in [1.807, 2.05) is 37.3 Å². The molecule has 0 spiro atoms. The van der Waals surface area contributed by atoms with Crippen molar-refractivity contribution in [3.8, 4) is 0 Å². The summed E-state index contributed by atoms with van der Waals surface area (Å²) in [5, 5.41) is 4.32. The Morgan fingerprint density at radius 2 is 1.81 bits per heavy atom. The first-order chi connectivity index (χ1) is 10.1. The van der Waals surface area contributed by atoms with Crippen molar-refractivity contribution in [3.05, 3.63) is 71.9 Å². The lowest BCUT2D eigenvalue weighted by Gasteiger charge is -2.17. The van der Waals surface area contributed by atoms with Crippen molar-refractivity contribution in [1.29, 1.82) is 0 Å². The number of anilines is 1. The van der Waals surface area contributed by atoms with E-state index < -0.39 is 11.6 Å². The van der Waals surface area contributed by atoms with Crippen molar-refractivity contribution in [2.45, 2.75) is 13.0 Å². The van der Waals surface area contributed by atoms with Gasteiger partial charge < -0.3 is 5.32 Å². The number of pyridine rings is 1. The van der Waals surface area contributed by atoms with E-state index in [2.05, 4.69) is 10.3 Å². The van der Waals surface area contributed by atoms with Gasteiger partial charge in [-0.25, -0.2) is 8.78 Å². The van der Waals surface area contributed by atoms with Crippen molar-refractivity contribution in [2.75, 3.05) is 5.32 Å². The Hall–Kier alpha value is -2.49. The summed E-state index contributed by atoms with van der Waals surface area (Å²) in [7, 11) is 0. The minimum absolute atomic E-state index is 0.160. The molecular weight excluding hydrogens is 270 g/mol. The lowest BCUT2D eigenvalue weighted by Crippen LogP contribution is -2.08. The molecule has 3 rings (SSSR count). The molecule has 0 radical (unpaired) electrons. The Morgan fingerprint density at radius 1 is 1.00 bits per heavy atom. The van der Waals surface area contributed by atoms with Crippen LogP contribution in [0.15, 0.2) is 54.7 Å². The number of benzene rings is 2. The molecule has 21 heavy (non-hydrogen) atoms. The van der Waals surface area contributed by atoms with Crippen LogP contribution in [0.5, 0.6) is 0 Å². The Labute approximate surface area is 121 Å². The highest BCUT2D eigenvalue weighted by atomic mass is 19.2. The van der Waals surface area contributed by atoms with Gasteiger partial charge in [-0.1, -0.05) is 24.3 Å². The molecule has 2 aromatic carbocycles. The van der Waals surface area contributed by atoms with Gasteiger partial charge in [-0.05, 0) is 36.8 Å². The first kappa shape index (κ1) is 13.5. The van der Waals surface area contributed by atoms with Gasteiger partial charge >= 0.3 is 0 Å². The van der Waals surface area contributed by atoms with Crippen molar-refractivity contribution in [2.24, 2.45) is 0 Å². The molecule has 0 amide bonds. The van der Waals surface area contributed by atoms with Gasteiger partial charge in [0.1, 0.15) is 0 Å². The molecule has 1 aromatic heterocycles. The summed E-state index contributed by atoms with van der Waals surface area (Å²) < 4.78 is 26.3. The van der Waals surface area contributed by atoms with Crippen molar-refractivity contribution in [1.82, 2.24) is 4.98 Å². The number of nitrogens with one attached hydrogen (secondary N) is 1. The predicted octanol–water partition coefficient (Wildman–Crippen LogP) is 4.69. The molecule has 1 heterocycles. The van der Waals surface area contributed by atoms with Crippen LogP contribution >= 0.6 is 0 Å². The van der Waals surface area contributed by atoms with Crippen molar-refractivity contribution in [3.63, 3.8) is 0 Å². The molecule has 0 saturated carbocycles. The number of aromatic nitrogens is 1. The maximum Gasteiger partial charge on any atom is 0.159 e. The maximum atomic E-state index is 13.3. The van der Waals surface area contributed by atoms with E-state index >= 15 is 0 Å². The Morgan fingerprint density at radius 3 is 2.62 bits per heavy atom. The molecule has 1 unspecified atom stereocenters. The minimum Gasteiger partial charge on any atom is -0.377 e. The average Bonchev–Trinajstić information content (AvgIpc) is 2.50. The first-order valence-corrected chi connectivity index (χ1v) is 6.70. The largest absolute Gasteiger partial charge is 0.377 e. The fraction of sp³-hybridized carbons (Fsp3) is 0.118.